The number of carbonyl (C=O) groups excluding carboxylic acids is 1. The predicted octanol–water partition coefficient (Wildman–Crippen LogP) is 2.13. The summed E-state index contributed by atoms with van der Waals surface area (Å²) in [7, 11) is 0. The van der Waals surface area contributed by atoms with Crippen LogP contribution in [0.3, 0.4) is 0 Å². The van der Waals surface area contributed by atoms with Gasteiger partial charge in [0, 0.05) is 50.9 Å². The van der Waals surface area contributed by atoms with E-state index in [0.717, 1.165) is 69.8 Å². The molecule has 0 spiro atoms. The lowest BCUT2D eigenvalue weighted by Gasteiger charge is -2.32. The highest BCUT2D eigenvalue weighted by molar-refractivity contribution is 5.94. The minimum atomic E-state index is 0.148. The summed E-state index contributed by atoms with van der Waals surface area (Å²) in [5.74, 6) is 0.991. The quantitative estimate of drug-likeness (QED) is 0.910. The van der Waals surface area contributed by atoms with Crippen LogP contribution in [0.25, 0.3) is 0 Å². The highest BCUT2D eigenvalue weighted by atomic mass is 16.5. The molecule has 0 bridgehead atoms. The predicted molar refractivity (Wildman–Crippen MR) is 98.1 cm³/mol. The number of nitrogens with zero attached hydrogens (tertiary/aromatic N) is 2. The van der Waals surface area contributed by atoms with E-state index in [1.807, 2.05) is 29.2 Å². The molecule has 0 aromatic heterocycles. The van der Waals surface area contributed by atoms with Crippen LogP contribution in [-0.2, 0) is 0 Å². The molecule has 136 valence electrons. The molecule has 1 aliphatic carbocycles. The third kappa shape index (κ3) is 3.98. The minimum absolute atomic E-state index is 0.148. The van der Waals surface area contributed by atoms with E-state index in [4.69, 9.17) is 4.74 Å². The Morgan fingerprint density at radius 2 is 1.88 bits per heavy atom. The van der Waals surface area contributed by atoms with Gasteiger partial charge in [-0.05, 0) is 50.3 Å². The summed E-state index contributed by atoms with van der Waals surface area (Å²) in [6.45, 7) is 6.03. The zero-order chi connectivity index (χ0) is 17.1. The molecule has 25 heavy (non-hydrogen) atoms. The summed E-state index contributed by atoms with van der Waals surface area (Å²) in [5.41, 5.74) is 0.761. The van der Waals surface area contributed by atoms with Crippen LogP contribution in [0.4, 0.5) is 0 Å². The summed E-state index contributed by atoms with van der Waals surface area (Å²) in [6, 6.07) is 8.29. The zero-order valence-electron chi connectivity index (χ0n) is 15.0. The molecule has 5 nitrogen and oxygen atoms in total. The topological polar surface area (TPSA) is 44.8 Å². The summed E-state index contributed by atoms with van der Waals surface area (Å²) in [4.78, 5) is 17.5. The fourth-order valence-electron chi connectivity index (χ4n) is 4.36. The standard InChI is InChI=1S/C20H29N3O2/c24-20(23-11-8-17(15-23)22-12-9-21-10-13-22)16-4-3-7-19(14-16)25-18-5-1-2-6-18/h3-4,7,14,17-18,21H,1-2,5-6,8-13,15H2. The van der Waals surface area contributed by atoms with Gasteiger partial charge in [-0.3, -0.25) is 9.69 Å². The van der Waals surface area contributed by atoms with Gasteiger partial charge in [0.05, 0.1) is 6.10 Å². The number of hydrogen-bond donors (Lipinski definition) is 1. The van der Waals surface area contributed by atoms with Crippen LogP contribution in [0.15, 0.2) is 24.3 Å². The number of benzene rings is 1. The third-order valence-corrected chi connectivity index (χ3v) is 5.80. The Kier molecular flexibility index (Phi) is 5.22. The van der Waals surface area contributed by atoms with Crippen molar-refractivity contribution in [2.45, 2.75) is 44.2 Å². The molecular weight excluding hydrogens is 314 g/mol. The molecule has 3 fully saturated rings. The van der Waals surface area contributed by atoms with Crippen molar-refractivity contribution in [3.05, 3.63) is 29.8 Å². The number of rotatable bonds is 4. The second-order valence-corrected chi connectivity index (χ2v) is 7.53. The monoisotopic (exact) mass is 343 g/mol. The van der Waals surface area contributed by atoms with Crippen LogP contribution in [0.5, 0.6) is 5.75 Å². The van der Waals surface area contributed by atoms with Gasteiger partial charge in [-0.25, -0.2) is 0 Å². The lowest BCUT2D eigenvalue weighted by molar-refractivity contribution is 0.0772. The van der Waals surface area contributed by atoms with Crippen LogP contribution < -0.4 is 10.1 Å². The Bertz CT molecular complexity index is 594. The van der Waals surface area contributed by atoms with E-state index in [9.17, 15) is 4.79 Å². The Balaban J connectivity index is 1.37. The van der Waals surface area contributed by atoms with E-state index < -0.39 is 0 Å². The van der Waals surface area contributed by atoms with E-state index in [2.05, 4.69) is 10.2 Å². The van der Waals surface area contributed by atoms with E-state index in [1.54, 1.807) is 0 Å². The second kappa shape index (κ2) is 7.75. The first-order chi connectivity index (χ1) is 12.3. The van der Waals surface area contributed by atoms with Gasteiger partial charge >= 0.3 is 0 Å². The SMILES string of the molecule is O=C(c1cccc(OC2CCCC2)c1)N1CCC(N2CCNCC2)C1. The average molecular weight is 343 g/mol. The van der Waals surface area contributed by atoms with Crippen LogP contribution in [0.2, 0.25) is 0 Å². The Hall–Kier alpha value is -1.59. The van der Waals surface area contributed by atoms with Gasteiger partial charge in [-0.1, -0.05) is 6.07 Å². The highest BCUT2D eigenvalue weighted by Gasteiger charge is 2.31. The molecular formula is C20H29N3O2. The molecule has 3 aliphatic rings. The van der Waals surface area contributed by atoms with Crippen molar-refractivity contribution in [2.75, 3.05) is 39.3 Å². The van der Waals surface area contributed by atoms with Crippen molar-refractivity contribution < 1.29 is 9.53 Å². The molecule has 1 atom stereocenters. The molecule has 2 saturated heterocycles. The minimum Gasteiger partial charge on any atom is -0.490 e. The van der Waals surface area contributed by atoms with Crippen molar-refractivity contribution >= 4 is 5.91 Å². The maximum Gasteiger partial charge on any atom is 0.254 e. The number of nitrogens with one attached hydrogen (secondary N) is 1. The van der Waals surface area contributed by atoms with Gasteiger partial charge < -0.3 is 15.0 Å². The maximum atomic E-state index is 12.9. The third-order valence-electron chi connectivity index (χ3n) is 5.80. The highest BCUT2D eigenvalue weighted by Crippen LogP contribution is 2.25. The summed E-state index contributed by atoms with van der Waals surface area (Å²) < 4.78 is 6.06. The normalized spacial score (nSPS) is 25.4. The smallest absolute Gasteiger partial charge is 0.254 e. The summed E-state index contributed by atoms with van der Waals surface area (Å²) in [5, 5.41) is 3.40. The van der Waals surface area contributed by atoms with E-state index in [1.165, 1.54) is 12.8 Å². The van der Waals surface area contributed by atoms with E-state index in [0.29, 0.717) is 12.1 Å². The molecule has 2 aliphatic heterocycles. The van der Waals surface area contributed by atoms with Crippen molar-refractivity contribution in [1.82, 2.24) is 15.1 Å². The fourth-order valence-corrected chi connectivity index (χ4v) is 4.36. The molecule has 5 heteroatoms. The lowest BCUT2D eigenvalue weighted by atomic mass is 10.2. The molecule has 1 saturated carbocycles. The lowest BCUT2D eigenvalue weighted by Crippen LogP contribution is -2.49. The molecule has 4 rings (SSSR count). The second-order valence-electron chi connectivity index (χ2n) is 7.53. The largest absolute Gasteiger partial charge is 0.490 e. The summed E-state index contributed by atoms with van der Waals surface area (Å²) in [6.07, 6.45) is 6.20. The Morgan fingerprint density at radius 3 is 2.68 bits per heavy atom. The van der Waals surface area contributed by atoms with E-state index in [-0.39, 0.29) is 5.91 Å². The van der Waals surface area contributed by atoms with Gasteiger partial charge in [0.2, 0.25) is 0 Å². The first kappa shape index (κ1) is 16.9. The first-order valence-corrected chi connectivity index (χ1v) is 9.80. The number of hydrogen-bond acceptors (Lipinski definition) is 4. The van der Waals surface area contributed by atoms with Crippen molar-refractivity contribution in [3.63, 3.8) is 0 Å². The number of likely N-dealkylation sites (tertiary alicyclic amines) is 1. The van der Waals surface area contributed by atoms with Gasteiger partial charge in [-0.2, -0.15) is 0 Å². The van der Waals surface area contributed by atoms with Gasteiger partial charge in [-0.15, -0.1) is 0 Å². The van der Waals surface area contributed by atoms with E-state index >= 15 is 0 Å². The molecule has 1 aromatic rings. The molecule has 1 amide bonds. The molecule has 0 radical (unpaired) electrons. The molecule has 1 unspecified atom stereocenters. The maximum absolute atomic E-state index is 12.9. The van der Waals surface area contributed by atoms with Crippen LogP contribution in [0.1, 0.15) is 42.5 Å². The first-order valence-electron chi connectivity index (χ1n) is 9.80. The number of carbonyl (C=O) groups is 1. The van der Waals surface area contributed by atoms with Crippen LogP contribution in [0, 0.1) is 0 Å². The fraction of sp³-hybridized carbons (Fsp3) is 0.650. The van der Waals surface area contributed by atoms with Crippen LogP contribution >= 0.6 is 0 Å². The van der Waals surface area contributed by atoms with Gasteiger partial charge in [0.1, 0.15) is 5.75 Å². The van der Waals surface area contributed by atoms with Crippen molar-refractivity contribution in [3.8, 4) is 5.75 Å². The molecule has 1 aromatic carbocycles. The van der Waals surface area contributed by atoms with Crippen molar-refractivity contribution in [1.29, 1.82) is 0 Å². The van der Waals surface area contributed by atoms with Gasteiger partial charge in [0.25, 0.3) is 5.91 Å². The zero-order valence-corrected chi connectivity index (χ0v) is 15.0. The average Bonchev–Trinajstić information content (AvgIpc) is 3.34. The molecule has 2 heterocycles. The van der Waals surface area contributed by atoms with Crippen LogP contribution in [-0.4, -0.2) is 67.1 Å². The number of ether oxygens (including phenoxy) is 1. The summed E-state index contributed by atoms with van der Waals surface area (Å²) >= 11 is 0. The Morgan fingerprint density at radius 1 is 1.08 bits per heavy atom. The number of amides is 1. The Labute approximate surface area is 150 Å². The number of piperazine rings is 1. The molecule has 1 N–H and O–H groups in total. The van der Waals surface area contributed by atoms with Gasteiger partial charge in [0.15, 0.2) is 0 Å². The van der Waals surface area contributed by atoms with Crippen molar-refractivity contribution in [2.24, 2.45) is 0 Å².